The van der Waals surface area contributed by atoms with Gasteiger partial charge in [0.05, 0.1) is 6.42 Å². The Labute approximate surface area is 98.6 Å². The Hall–Kier alpha value is -1.62. The van der Waals surface area contributed by atoms with Gasteiger partial charge in [0.1, 0.15) is 6.61 Å². The molecule has 0 fully saturated rings. The summed E-state index contributed by atoms with van der Waals surface area (Å²) >= 11 is 0. The van der Waals surface area contributed by atoms with Crippen LogP contribution in [-0.4, -0.2) is 35.7 Å². The molecule has 0 saturated heterocycles. The van der Waals surface area contributed by atoms with Crippen molar-refractivity contribution in [3.63, 3.8) is 0 Å². The van der Waals surface area contributed by atoms with Crippen molar-refractivity contribution in [3.8, 4) is 5.75 Å². The molecule has 0 atom stereocenters. The fourth-order valence-electron chi connectivity index (χ4n) is 1.88. The van der Waals surface area contributed by atoms with Gasteiger partial charge in [0, 0.05) is 25.2 Å². The summed E-state index contributed by atoms with van der Waals surface area (Å²) in [5.74, 6) is -0.887. The van der Waals surface area contributed by atoms with Crippen molar-refractivity contribution in [3.05, 3.63) is 29.6 Å². The minimum Gasteiger partial charge on any atom is -0.489 e. The van der Waals surface area contributed by atoms with Gasteiger partial charge in [-0.05, 0) is 6.07 Å². The molecule has 1 N–H and O–H groups in total. The maximum atomic E-state index is 13.5. The number of aliphatic carboxylic acids is 1. The monoisotopic (exact) mass is 239 g/mol. The third-order valence-electron chi connectivity index (χ3n) is 2.74. The van der Waals surface area contributed by atoms with Gasteiger partial charge in [-0.3, -0.25) is 9.69 Å². The summed E-state index contributed by atoms with van der Waals surface area (Å²) < 4.78 is 18.8. The van der Waals surface area contributed by atoms with E-state index in [1.807, 2.05) is 4.90 Å². The number of nitrogens with zero attached hydrogens (tertiary/aromatic N) is 1. The van der Waals surface area contributed by atoms with Gasteiger partial charge in [-0.15, -0.1) is 0 Å². The Balaban J connectivity index is 2.09. The van der Waals surface area contributed by atoms with E-state index in [1.54, 1.807) is 12.1 Å². The molecule has 0 radical (unpaired) electrons. The van der Waals surface area contributed by atoms with Crippen molar-refractivity contribution < 1.29 is 19.0 Å². The molecule has 0 spiro atoms. The van der Waals surface area contributed by atoms with E-state index in [0.717, 1.165) is 5.56 Å². The minimum atomic E-state index is -0.824. The molecule has 92 valence electrons. The van der Waals surface area contributed by atoms with E-state index in [4.69, 9.17) is 9.84 Å². The molecule has 0 bridgehead atoms. The number of fused-ring (bicyclic) bond motifs is 1. The second kappa shape index (κ2) is 5.14. The highest BCUT2D eigenvalue weighted by atomic mass is 19.1. The smallest absolute Gasteiger partial charge is 0.304 e. The molecule has 0 saturated carbocycles. The summed E-state index contributed by atoms with van der Waals surface area (Å²) in [6.07, 6.45) is 0.0879. The van der Waals surface area contributed by atoms with Crippen LogP contribution in [0, 0.1) is 5.82 Å². The van der Waals surface area contributed by atoms with E-state index in [9.17, 15) is 9.18 Å². The van der Waals surface area contributed by atoms with Gasteiger partial charge in [0.2, 0.25) is 0 Å². The topological polar surface area (TPSA) is 49.8 Å². The number of halogens is 1. The number of carboxylic acids is 1. The maximum Gasteiger partial charge on any atom is 0.304 e. The average molecular weight is 239 g/mol. The molecular formula is C12H14FNO3. The molecule has 17 heavy (non-hydrogen) atoms. The highest BCUT2D eigenvalue weighted by molar-refractivity contribution is 5.66. The molecule has 1 aliphatic heterocycles. The third kappa shape index (κ3) is 2.94. The van der Waals surface area contributed by atoms with Crippen molar-refractivity contribution in [1.29, 1.82) is 0 Å². The molecule has 0 amide bonds. The number of carboxylic acid groups (broad SMARTS) is 1. The first-order valence-corrected chi connectivity index (χ1v) is 5.51. The highest BCUT2D eigenvalue weighted by Gasteiger charge is 2.18. The number of rotatable bonds is 3. The molecule has 5 heteroatoms. The van der Waals surface area contributed by atoms with Crippen molar-refractivity contribution in [1.82, 2.24) is 4.90 Å². The lowest BCUT2D eigenvalue weighted by atomic mass is 10.2. The average Bonchev–Trinajstić information content (AvgIpc) is 2.49. The highest BCUT2D eigenvalue weighted by Crippen LogP contribution is 2.26. The van der Waals surface area contributed by atoms with Crippen LogP contribution in [0.1, 0.15) is 12.0 Å². The van der Waals surface area contributed by atoms with Gasteiger partial charge in [0.25, 0.3) is 0 Å². The molecule has 0 unspecified atom stereocenters. The van der Waals surface area contributed by atoms with Gasteiger partial charge in [-0.25, -0.2) is 4.39 Å². The summed E-state index contributed by atoms with van der Waals surface area (Å²) in [6, 6.07) is 4.81. The van der Waals surface area contributed by atoms with Crippen molar-refractivity contribution in [2.45, 2.75) is 13.0 Å². The second-order valence-corrected chi connectivity index (χ2v) is 4.00. The Morgan fingerprint density at radius 3 is 3.12 bits per heavy atom. The maximum absolute atomic E-state index is 13.5. The first-order chi connectivity index (χ1) is 8.16. The van der Waals surface area contributed by atoms with Crippen molar-refractivity contribution >= 4 is 5.97 Å². The molecule has 2 rings (SSSR count). The van der Waals surface area contributed by atoms with Crippen LogP contribution in [0.25, 0.3) is 0 Å². The summed E-state index contributed by atoms with van der Waals surface area (Å²) in [6.45, 7) is 1.98. The van der Waals surface area contributed by atoms with E-state index < -0.39 is 5.97 Å². The van der Waals surface area contributed by atoms with Gasteiger partial charge in [0.15, 0.2) is 11.6 Å². The van der Waals surface area contributed by atoms with Gasteiger partial charge >= 0.3 is 5.97 Å². The first-order valence-electron chi connectivity index (χ1n) is 5.51. The predicted molar refractivity (Wildman–Crippen MR) is 59.4 cm³/mol. The molecule has 0 aromatic heterocycles. The quantitative estimate of drug-likeness (QED) is 0.868. The van der Waals surface area contributed by atoms with Crippen LogP contribution in [0.5, 0.6) is 5.75 Å². The zero-order chi connectivity index (χ0) is 12.3. The van der Waals surface area contributed by atoms with Crippen LogP contribution >= 0.6 is 0 Å². The normalized spacial score (nSPS) is 15.8. The van der Waals surface area contributed by atoms with E-state index in [1.165, 1.54) is 6.07 Å². The lowest BCUT2D eigenvalue weighted by Crippen LogP contribution is -2.28. The Morgan fingerprint density at radius 2 is 2.35 bits per heavy atom. The van der Waals surface area contributed by atoms with Crippen LogP contribution in [0.15, 0.2) is 18.2 Å². The van der Waals surface area contributed by atoms with Crippen LogP contribution < -0.4 is 4.74 Å². The molecular weight excluding hydrogens is 225 g/mol. The van der Waals surface area contributed by atoms with E-state index in [2.05, 4.69) is 0 Å². The van der Waals surface area contributed by atoms with Crippen LogP contribution in [0.2, 0.25) is 0 Å². The summed E-state index contributed by atoms with van der Waals surface area (Å²) in [7, 11) is 0. The van der Waals surface area contributed by atoms with Gasteiger partial charge in [-0.2, -0.15) is 0 Å². The minimum absolute atomic E-state index is 0.0879. The zero-order valence-electron chi connectivity index (χ0n) is 9.36. The molecule has 0 aliphatic carbocycles. The second-order valence-electron chi connectivity index (χ2n) is 4.00. The van der Waals surface area contributed by atoms with E-state index in [-0.39, 0.29) is 12.2 Å². The number of hydrogen-bond acceptors (Lipinski definition) is 3. The lowest BCUT2D eigenvalue weighted by molar-refractivity contribution is -0.137. The number of ether oxygens (including phenoxy) is 1. The molecule has 1 aromatic rings. The van der Waals surface area contributed by atoms with Gasteiger partial charge in [-0.1, -0.05) is 12.1 Å². The van der Waals surface area contributed by atoms with Crippen LogP contribution in [0.4, 0.5) is 4.39 Å². The number of para-hydroxylation sites is 1. The molecule has 1 heterocycles. The third-order valence-corrected chi connectivity index (χ3v) is 2.74. The first kappa shape index (κ1) is 11.9. The summed E-state index contributed by atoms with van der Waals surface area (Å²) in [4.78, 5) is 12.5. The van der Waals surface area contributed by atoms with Crippen LogP contribution in [-0.2, 0) is 11.3 Å². The predicted octanol–water partition coefficient (Wildman–Crippen LogP) is 1.49. The fraction of sp³-hybridized carbons (Fsp3) is 0.417. The summed E-state index contributed by atoms with van der Waals surface area (Å²) in [5, 5.41) is 8.64. The number of carbonyl (C=O) groups is 1. The number of hydrogen-bond donors (Lipinski definition) is 1. The SMILES string of the molecule is O=C(O)CCN1CCOc2c(F)cccc2C1. The Bertz CT molecular complexity index is 422. The molecule has 1 aliphatic rings. The largest absolute Gasteiger partial charge is 0.489 e. The Kier molecular flexibility index (Phi) is 3.58. The fourth-order valence-corrected chi connectivity index (χ4v) is 1.88. The van der Waals surface area contributed by atoms with Gasteiger partial charge < -0.3 is 9.84 Å². The van der Waals surface area contributed by atoms with E-state index in [0.29, 0.717) is 32.0 Å². The zero-order valence-corrected chi connectivity index (χ0v) is 9.36. The standard InChI is InChI=1S/C12H14FNO3/c13-10-3-1-2-9-8-14(5-4-11(15)16)6-7-17-12(9)10/h1-3H,4-8H2,(H,15,16). The van der Waals surface area contributed by atoms with Crippen molar-refractivity contribution in [2.24, 2.45) is 0 Å². The number of benzene rings is 1. The Morgan fingerprint density at radius 1 is 1.53 bits per heavy atom. The lowest BCUT2D eigenvalue weighted by Gasteiger charge is -2.17. The van der Waals surface area contributed by atoms with Crippen LogP contribution in [0.3, 0.4) is 0 Å². The molecule has 1 aromatic carbocycles. The molecule has 4 nitrogen and oxygen atoms in total. The summed E-state index contributed by atoms with van der Waals surface area (Å²) in [5.41, 5.74) is 0.771. The van der Waals surface area contributed by atoms with Crippen molar-refractivity contribution in [2.75, 3.05) is 19.7 Å². The van der Waals surface area contributed by atoms with E-state index >= 15 is 0 Å².